The van der Waals surface area contributed by atoms with Gasteiger partial charge in [-0.2, -0.15) is 0 Å². The Kier molecular flexibility index (Phi) is 3.71. The van der Waals surface area contributed by atoms with Crippen molar-refractivity contribution in [3.8, 4) is 5.75 Å². The number of hydrogen-bond donors (Lipinski definition) is 2. The number of para-hydroxylation sites is 1. The summed E-state index contributed by atoms with van der Waals surface area (Å²) in [6.07, 6.45) is 1.52. The zero-order valence-electron chi connectivity index (χ0n) is 13.6. The molecule has 25 heavy (non-hydrogen) atoms. The zero-order chi connectivity index (χ0) is 17.4. The first-order chi connectivity index (χ1) is 12.1. The molecule has 2 aromatic carbocycles. The number of nitrogens with one attached hydrogen (secondary N) is 1. The highest BCUT2D eigenvalue weighted by molar-refractivity contribution is 5.89. The topological polar surface area (TPSA) is 75.6 Å². The third-order valence-corrected chi connectivity index (χ3v) is 5.29. The minimum absolute atomic E-state index is 0.201. The molecule has 0 radical (unpaired) electrons. The van der Waals surface area contributed by atoms with Gasteiger partial charge in [0.2, 0.25) is 5.91 Å². The van der Waals surface area contributed by atoms with Crippen LogP contribution in [0.15, 0.2) is 54.6 Å². The van der Waals surface area contributed by atoms with Crippen LogP contribution < -0.4 is 10.1 Å². The number of aliphatic carboxylic acids is 1. The first-order valence-corrected chi connectivity index (χ1v) is 8.42. The van der Waals surface area contributed by atoms with Crippen LogP contribution in [-0.2, 0) is 15.0 Å². The first-order valence-electron chi connectivity index (χ1n) is 8.42. The molecule has 0 aromatic heterocycles. The van der Waals surface area contributed by atoms with Gasteiger partial charge in [-0.15, -0.1) is 0 Å². The SMILES string of the molecule is O=C(O)C(NC(=O)[C@@H]1C[C@]12CCOc1ccccc12)c1ccccc1. The number of ether oxygens (including phenoxy) is 1. The smallest absolute Gasteiger partial charge is 0.330 e. The average molecular weight is 337 g/mol. The van der Waals surface area contributed by atoms with Gasteiger partial charge in [0.05, 0.1) is 6.61 Å². The maximum absolute atomic E-state index is 12.8. The summed E-state index contributed by atoms with van der Waals surface area (Å²) in [6, 6.07) is 15.6. The highest BCUT2D eigenvalue weighted by Gasteiger charge is 2.61. The van der Waals surface area contributed by atoms with Crippen molar-refractivity contribution < 1.29 is 19.4 Å². The number of hydrogen-bond acceptors (Lipinski definition) is 3. The van der Waals surface area contributed by atoms with Gasteiger partial charge in [0, 0.05) is 16.9 Å². The van der Waals surface area contributed by atoms with Crippen molar-refractivity contribution in [3.05, 3.63) is 65.7 Å². The van der Waals surface area contributed by atoms with Gasteiger partial charge in [0.1, 0.15) is 5.75 Å². The number of carboxylic acids is 1. The van der Waals surface area contributed by atoms with E-state index in [1.165, 1.54) is 0 Å². The van der Waals surface area contributed by atoms with Crippen molar-refractivity contribution >= 4 is 11.9 Å². The Labute approximate surface area is 145 Å². The second-order valence-corrected chi connectivity index (χ2v) is 6.70. The predicted octanol–water partition coefficient (Wildman–Crippen LogP) is 2.67. The molecule has 0 saturated heterocycles. The second-order valence-electron chi connectivity index (χ2n) is 6.70. The molecule has 1 aliphatic carbocycles. The third-order valence-electron chi connectivity index (χ3n) is 5.29. The molecule has 2 aliphatic rings. The van der Waals surface area contributed by atoms with Gasteiger partial charge in [-0.3, -0.25) is 4.79 Å². The summed E-state index contributed by atoms with van der Waals surface area (Å²) in [5.74, 6) is -0.625. The minimum Gasteiger partial charge on any atom is -0.493 e. The Balaban J connectivity index is 1.55. The van der Waals surface area contributed by atoms with Gasteiger partial charge in [0.15, 0.2) is 6.04 Å². The van der Waals surface area contributed by atoms with Crippen molar-refractivity contribution in [2.24, 2.45) is 5.92 Å². The Morgan fingerprint density at radius 2 is 1.84 bits per heavy atom. The van der Waals surface area contributed by atoms with Crippen LogP contribution in [0, 0.1) is 5.92 Å². The molecule has 1 spiro atoms. The molecule has 2 aromatic rings. The highest BCUT2D eigenvalue weighted by atomic mass is 16.5. The molecule has 1 unspecified atom stereocenters. The van der Waals surface area contributed by atoms with Gasteiger partial charge in [0.25, 0.3) is 0 Å². The molecule has 1 amide bonds. The van der Waals surface area contributed by atoms with E-state index >= 15 is 0 Å². The van der Waals surface area contributed by atoms with E-state index in [1.54, 1.807) is 24.3 Å². The number of amides is 1. The van der Waals surface area contributed by atoms with E-state index < -0.39 is 12.0 Å². The van der Waals surface area contributed by atoms with E-state index in [-0.39, 0.29) is 17.2 Å². The average Bonchev–Trinajstić information content (AvgIpc) is 3.35. The van der Waals surface area contributed by atoms with Gasteiger partial charge in [-0.1, -0.05) is 48.5 Å². The van der Waals surface area contributed by atoms with Crippen molar-refractivity contribution in [2.75, 3.05) is 6.61 Å². The van der Waals surface area contributed by atoms with Crippen LogP contribution in [0.1, 0.15) is 30.0 Å². The van der Waals surface area contributed by atoms with Gasteiger partial charge < -0.3 is 15.2 Å². The van der Waals surface area contributed by atoms with Crippen LogP contribution in [0.25, 0.3) is 0 Å². The number of fused-ring (bicyclic) bond motifs is 2. The molecule has 1 fully saturated rings. The normalized spacial score (nSPS) is 24.7. The summed E-state index contributed by atoms with van der Waals surface area (Å²) in [5.41, 5.74) is 1.43. The Hall–Kier alpha value is -2.82. The molecule has 128 valence electrons. The Bertz CT molecular complexity index is 819. The zero-order valence-corrected chi connectivity index (χ0v) is 13.6. The molecule has 1 aliphatic heterocycles. The quantitative estimate of drug-likeness (QED) is 0.899. The highest BCUT2D eigenvalue weighted by Crippen LogP contribution is 2.60. The fraction of sp³-hybridized carbons (Fsp3) is 0.300. The van der Waals surface area contributed by atoms with Crippen LogP contribution in [0.4, 0.5) is 0 Å². The number of carbonyl (C=O) groups excluding carboxylic acids is 1. The summed E-state index contributed by atoms with van der Waals surface area (Å²) in [6.45, 7) is 0.585. The summed E-state index contributed by atoms with van der Waals surface area (Å²) in [4.78, 5) is 24.4. The monoisotopic (exact) mass is 337 g/mol. The molecular formula is C20H19NO4. The molecular weight excluding hydrogens is 318 g/mol. The molecule has 5 nitrogen and oxygen atoms in total. The fourth-order valence-electron chi connectivity index (χ4n) is 3.88. The van der Waals surface area contributed by atoms with Crippen LogP contribution >= 0.6 is 0 Å². The van der Waals surface area contributed by atoms with Crippen molar-refractivity contribution in [2.45, 2.75) is 24.3 Å². The van der Waals surface area contributed by atoms with Gasteiger partial charge >= 0.3 is 5.97 Å². The molecule has 1 saturated carbocycles. The maximum atomic E-state index is 12.8. The van der Waals surface area contributed by atoms with Crippen molar-refractivity contribution in [3.63, 3.8) is 0 Å². The number of rotatable bonds is 4. The maximum Gasteiger partial charge on any atom is 0.330 e. The third kappa shape index (κ3) is 2.65. The standard InChI is InChI=1S/C20H19NO4/c22-18(21-17(19(23)24)13-6-2-1-3-7-13)15-12-20(15)10-11-25-16-9-5-4-8-14(16)20/h1-9,15,17H,10-12H2,(H,21,22)(H,23,24)/t15-,17?,20-/m0/s1. The van der Waals surface area contributed by atoms with Crippen LogP contribution in [0.2, 0.25) is 0 Å². The largest absolute Gasteiger partial charge is 0.493 e. The predicted molar refractivity (Wildman–Crippen MR) is 91.3 cm³/mol. The molecule has 2 N–H and O–H groups in total. The number of carboxylic acid groups (broad SMARTS) is 1. The van der Waals surface area contributed by atoms with Gasteiger partial charge in [-0.25, -0.2) is 4.79 Å². The number of carbonyl (C=O) groups is 2. The van der Waals surface area contributed by atoms with E-state index in [0.29, 0.717) is 12.2 Å². The van der Waals surface area contributed by atoms with Crippen LogP contribution in [0.3, 0.4) is 0 Å². The molecule has 0 bridgehead atoms. The van der Waals surface area contributed by atoms with Crippen molar-refractivity contribution in [1.82, 2.24) is 5.32 Å². The lowest BCUT2D eigenvalue weighted by molar-refractivity contribution is -0.142. The van der Waals surface area contributed by atoms with E-state index in [1.807, 2.05) is 30.3 Å². The van der Waals surface area contributed by atoms with E-state index in [0.717, 1.165) is 24.2 Å². The Morgan fingerprint density at radius 1 is 1.12 bits per heavy atom. The summed E-state index contributed by atoms with van der Waals surface area (Å²) >= 11 is 0. The molecule has 4 rings (SSSR count). The summed E-state index contributed by atoms with van der Waals surface area (Å²) in [7, 11) is 0. The molecule has 3 atom stereocenters. The minimum atomic E-state index is -1.05. The molecule has 1 heterocycles. The summed E-state index contributed by atoms with van der Waals surface area (Å²) < 4.78 is 5.69. The van der Waals surface area contributed by atoms with Crippen LogP contribution in [-0.4, -0.2) is 23.6 Å². The lowest BCUT2D eigenvalue weighted by Crippen LogP contribution is -2.37. The second kappa shape index (κ2) is 5.92. The molecule has 5 heteroatoms. The Morgan fingerprint density at radius 3 is 2.60 bits per heavy atom. The summed E-state index contributed by atoms with van der Waals surface area (Å²) in [5, 5.41) is 12.2. The van der Waals surface area contributed by atoms with Gasteiger partial charge in [-0.05, 0) is 24.5 Å². The lowest BCUT2D eigenvalue weighted by Gasteiger charge is -2.27. The van der Waals surface area contributed by atoms with Crippen LogP contribution in [0.5, 0.6) is 5.75 Å². The van der Waals surface area contributed by atoms with E-state index in [4.69, 9.17) is 4.74 Å². The fourth-order valence-corrected chi connectivity index (χ4v) is 3.88. The van der Waals surface area contributed by atoms with E-state index in [2.05, 4.69) is 5.32 Å². The van der Waals surface area contributed by atoms with Crippen molar-refractivity contribution in [1.29, 1.82) is 0 Å². The number of benzene rings is 2. The first kappa shape index (κ1) is 15.7. The van der Waals surface area contributed by atoms with E-state index in [9.17, 15) is 14.7 Å². The lowest BCUT2D eigenvalue weighted by atomic mass is 9.87.